The Morgan fingerprint density at radius 1 is 1.40 bits per heavy atom. The predicted octanol–water partition coefficient (Wildman–Crippen LogP) is 2.82. The summed E-state index contributed by atoms with van der Waals surface area (Å²) in [5.41, 5.74) is 7.76. The summed E-state index contributed by atoms with van der Waals surface area (Å²) < 4.78 is 12.1. The van der Waals surface area contributed by atoms with Crippen LogP contribution in [0, 0.1) is 0 Å². The zero-order chi connectivity index (χ0) is 14.9. The molecule has 110 valence electrons. The van der Waals surface area contributed by atoms with Gasteiger partial charge in [0, 0.05) is 16.1 Å². The second kappa shape index (κ2) is 6.01. The van der Waals surface area contributed by atoms with Gasteiger partial charge in [0.15, 0.2) is 11.5 Å². The fraction of sp³-hybridized carbons (Fsp3) is 0.500. The van der Waals surface area contributed by atoms with Crippen LogP contribution in [0.15, 0.2) is 10.5 Å². The van der Waals surface area contributed by atoms with Crippen LogP contribution in [0.1, 0.15) is 43.4 Å². The molecule has 1 aromatic carbocycles. The van der Waals surface area contributed by atoms with Gasteiger partial charge in [0.25, 0.3) is 0 Å². The Morgan fingerprint density at radius 2 is 2.05 bits per heavy atom. The summed E-state index contributed by atoms with van der Waals surface area (Å²) in [7, 11) is 0. The molecule has 1 heterocycles. The second-order valence-electron chi connectivity index (χ2n) is 5.07. The summed E-state index contributed by atoms with van der Waals surface area (Å²) in [6, 6.07) is 1.22. The number of benzene rings is 1. The van der Waals surface area contributed by atoms with Crippen molar-refractivity contribution in [1.29, 1.82) is 0 Å². The van der Waals surface area contributed by atoms with Crippen LogP contribution < -0.4 is 15.2 Å². The Labute approximate surface area is 126 Å². The van der Waals surface area contributed by atoms with Crippen molar-refractivity contribution in [3.05, 3.63) is 21.7 Å². The summed E-state index contributed by atoms with van der Waals surface area (Å²) in [5.74, 6) is 0.593. The van der Waals surface area contributed by atoms with Crippen LogP contribution >= 0.6 is 15.9 Å². The van der Waals surface area contributed by atoms with Gasteiger partial charge in [-0.2, -0.15) is 0 Å². The maximum atomic E-state index is 10.9. The van der Waals surface area contributed by atoms with Gasteiger partial charge in [-0.25, -0.2) is 0 Å². The van der Waals surface area contributed by atoms with E-state index in [0.29, 0.717) is 24.7 Å². The molecule has 5 nitrogen and oxygen atoms in total. The average Bonchev–Trinajstić information content (AvgIpc) is 2.35. The molecular weight excluding hydrogens is 326 g/mol. The fourth-order valence-corrected chi connectivity index (χ4v) is 3.15. The third kappa shape index (κ3) is 2.91. The van der Waals surface area contributed by atoms with Crippen LogP contribution in [0.25, 0.3) is 0 Å². The summed E-state index contributed by atoms with van der Waals surface area (Å²) >= 11 is 3.48. The monoisotopic (exact) mass is 343 g/mol. The van der Waals surface area contributed by atoms with E-state index in [0.717, 1.165) is 15.6 Å². The van der Waals surface area contributed by atoms with Crippen molar-refractivity contribution in [1.82, 2.24) is 0 Å². The first kappa shape index (κ1) is 15.1. The lowest BCUT2D eigenvalue weighted by Crippen LogP contribution is -2.22. The van der Waals surface area contributed by atoms with Gasteiger partial charge in [0.05, 0.1) is 6.42 Å². The van der Waals surface area contributed by atoms with Gasteiger partial charge in [0.2, 0.25) is 0 Å². The number of carboxylic acids is 1. The summed E-state index contributed by atoms with van der Waals surface area (Å²) in [5, 5.41) is 8.95. The van der Waals surface area contributed by atoms with Gasteiger partial charge >= 0.3 is 5.97 Å². The highest BCUT2D eigenvalue weighted by molar-refractivity contribution is 9.10. The van der Waals surface area contributed by atoms with E-state index in [-0.39, 0.29) is 12.3 Å². The van der Waals surface area contributed by atoms with E-state index in [2.05, 4.69) is 15.9 Å². The van der Waals surface area contributed by atoms with Gasteiger partial charge in [-0.1, -0.05) is 29.8 Å². The number of aliphatic carboxylic acids is 1. The Kier molecular flexibility index (Phi) is 4.55. The van der Waals surface area contributed by atoms with Crippen LogP contribution in [0.3, 0.4) is 0 Å². The van der Waals surface area contributed by atoms with Crippen LogP contribution in [0.4, 0.5) is 0 Å². The predicted molar refractivity (Wildman–Crippen MR) is 78.4 cm³/mol. The number of nitrogens with two attached hydrogens (primary N) is 1. The molecule has 1 aromatic rings. The topological polar surface area (TPSA) is 81.8 Å². The third-order valence-corrected chi connectivity index (χ3v) is 3.86. The SMILES string of the molecule is CC(C)c1c2c(cc(Br)c1C(N)CC(=O)O)OCCO2. The molecule has 3 N–H and O–H groups in total. The van der Waals surface area contributed by atoms with Gasteiger partial charge < -0.3 is 20.3 Å². The zero-order valence-corrected chi connectivity index (χ0v) is 13.1. The van der Waals surface area contributed by atoms with Crippen LogP contribution in [0.2, 0.25) is 0 Å². The summed E-state index contributed by atoms with van der Waals surface area (Å²) in [4.78, 5) is 10.9. The number of halogens is 1. The van der Waals surface area contributed by atoms with Crippen molar-refractivity contribution in [2.24, 2.45) is 5.73 Å². The maximum absolute atomic E-state index is 10.9. The lowest BCUT2D eigenvalue weighted by Gasteiger charge is -2.27. The summed E-state index contributed by atoms with van der Waals surface area (Å²) in [6.07, 6.45) is -0.127. The normalized spacial score (nSPS) is 15.2. The van der Waals surface area contributed by atoms with Crippen molar-refractivity contribution >= 4 is 21.9 Å². The third-order valence-electron chi connectivity index (χ3n) is 3.20. The molecule has 20 heavy (non-hydrogen) atoms. The van der Waals surface area contributed by atoms with Gasteiger partial charge in [-0.15, -0.1) is 0 Å². The first-order chi connectivity index (χ1) is 9.41. The van der Waals surface area contributed by atoms with Gasteiger partial charge in [-0.3, -0.25) is 4.79 Å². The van der Waals surface area contributed by atoms with Crippen LogP contribution in [0.5, 0.6) is 11.5 Å². The Hall–Kier alpha value is -1.27. The molecular formula is C14H18BrNO4. The van der Waals surface area contributed by atoms with E-state index in [4.69, 9.17) is 20.3 Å². The Morgan fingerprint density at radius 3 is 2.65 bits per heavy atom. The molecule has 1 aliphatic heterocycles. The van der Waals surface area contributed by atoms with E-state index in [1.807, 2.05) is 13.8 Å². The largest absolute Gasteiger partial charge is 0.486 e. The van der Waals surface area contributed by atoms with Crippen molar-refractivity contribution in [3.8, 4) is 11.5 Å². The number of carboxylic acid groups (broad SMARTS) is 1. The van der Waals surface area contributed by atoms with E-state index < -0.39 is 12.0 Å². The fourth-order valence-electron chi connectivity index (χ4n) is 2.43. The molecule has 0 bridgehead atoms. The molecule has 1 atom stereocenters. The summed E-state index contributed by atoms with van der Waals surface area (Å²) in [6.45, 7) is 5.05. The highest BCUT2D eigenvalue weighted by atomic mass is 79.9. The highest BCUT2D eigenvalue weighted by Crippen LogP contribution is 2.45. The Balaban J connectivity index is 2.57. The molecule has 0 aromatic heterocycles. The lowest BCUT2D eigenvalue weighted by molar-refractivity contribution is -0.137. The Bertz CT molecular complexity index is 530. The first-order valence-corrected chi connectivity index (χ1v) is 7.30. The molecule has 0 saturated carbocycles. The van der Waals surface area contributed by atoms with Crippen molar-refractivity contribution in [3.63, 3.8) is 0 Å². The van der Waals surface area contributed by atoms with E-state index >= 15 is 0 Å². The molecule has 0 spiro atoms. The quantitative estimate of drug-likeness (QED) is 0.878. The minimum atomic E-state index is -0.922. The number of ether oxygens (including phenoxy) is 2. The first-order valence-electron chi connectivity index (χ1n) is 6.51. The highest BCUT2D eigenvalue weighted by Gasteiger charge is 2.27. The average molecular weight is 344 g/mol. The molecule has 0 radical (unpaired) electrons. The molecule has 1 aliphatic rings. The molecule has 0 fully saturated rings. The molecule has 6 heteroatoms. The number of hydrogen-bond acceptors (Lipinski definition) is 4. The molecule has 0 amide bonds. The minimum Gasteiger partial charge on any atom is -0.486 e. The molecule has 1 unspecified atom stereocenters. The van der Waals surface area contributed by atoms with E-state index in [1.54, 1.807) is 6.07 Å². The van der Waals surface area contributed by atoms with Crippen molar-refractivity contribution < 1.29 is 19.4 Å². The smallest absolute Gasteiger partial charge is 0.305 e. The van der Waals surface area contributed by atoms with Gasteiger partial charge in [0.1, 0.15) is 13.2 Å². The van der Waals surface area contributed by atoms with Crippen molar-refractivity contribution in [2.75, 3.05) is 13.2 Å². The number of fused-ring (bicyclic) bond motifs is 1. The molecule has 0 saturated heterocycles. The van der Waals surface area contributed by atoms with Crippen molar-refractivity contribution in [2.45, 2.75) is 32.2 Å². The van der Waals surface area contributed by atoms with Crippen LogP contribution in [-0.4, -0.2) is 24.3 Å². The zero-order valence-electron chi connectivity index (χ0n) is 11.5. The number of hydrogen-bond donors (Lipinski definition) is 2. The van der Waals surface area contributed by atoms with Gasteiger partial charge in [-0.05, 0) is 17.5 Å². The lowest BCUT2D eigenvalue weighted by atomic mass is 9.90. The number of rotatable bonds is 4. The molecule has 2 rings (SSSR count). The van der Waals surface area contributed by atoms with Crippen LogP contribution in [-0.2, 0) is 4.79 Å². The van der Waals surface area contributed by atoms with E-state index in [1.165, 1.54) is 0 Å². The number of carbonyl (C=O) groups is 1. The van der Waals surface area contributed by atoms with E-state index in [9.17, 15) is 4.79 Å². The maximum Gasteiger partial charge on any atom is 0.305 e. The molecule has 0 aliphatic carbocycles. The second-order valence-corrected chi connectivity index (χ2v) is 5.92. The minimum absolute atomic E-state index is 0.127. The standard InChI is InChI=1S/C14H18BrNO4/c1-7(2)12-13(9(16)6-11(17)18)8(15)5-10-14(12)20-4-3-19-10/h5,7,9H,3-4,6,16H2,1-2H3,(H,17,18).